The van der Waals surface area contributed by atoms with Crippen LogP contribution in [-0.2, 0) is 13.0 Å². The van der Waals surface area contributed by atoms with Crippen LogP contribution in [-0.4, -0.2) is 27.4 Å². The van der Waals surface area contributed by atoms with Crippen LogP contribution < -0.4 is 10.6 Å². The van der Waals surface area contributed by atoms with Crippen molar-refractivity contribution in [2.45, 2.75) is 26.8 Å². The summed E-state index contributed by atoms with van der Waals surface area (Å²) in [6, 6.07) is 18.1. The van der Waals surface area contributed by atoms with Crippen molar-refractivity contribution in [3.8, 4) is 0 Å². The number of para-hydroxylation sites is 1. The van der Waals surface area contributed by atoms with Crippen LogP contribution in [0, 0.1) is 13.8 Å². The Labute approximate surface area is 175 Å². The van der Waals surface area contributed by atoms with E-state index >= 15 is 0 Å². The molecule has 2 heterocycles. The molecule has 0 spiro atoms. The number of carbonyl (C=O) groups is 1. The van der Waals surface area contributed by atoms with Gasteiger partial charge in [-0.3, -0.25) is 4.79 Å². The Morgan fingerprint density at radius 3 is 2.77 bits per heavy atom. The highest BCUT2D eigenvalue weighted by molar-refractivity contribution is 5.92. The molecule has 2 aromatic heterocycles. The van der Waals surface area contributed by atoms with Gasteiger partial charge in [-0.2, -0.15) is 0 Å². The quantitative estimate of drug-likeness (QED) is 0.436. The first kappa shape index (κ1) is 19.6. The Hall–Kier alpha value is -3.67. The van der Waals surface area contributed by atoms with Crippen molar-refractivity contribution in [2.75, 3.05) is 11.9 Å². The van der Waals surface area contributed by atoms with Gasteiger partial charge in [0.25, 0.3) is 5.91 Å². The van der Waals surface area contributed by atoms with Crippen LogP contribution in [0.3, 0.4) is 0 Å². The number of fused-ring (bicyclic) bond motifs is 1. The second kappa shape index (κ2) is 8.78. The number of benzene rings is 2. The minimum atomic E-state index is -0.195. The third kappa shape index (κ3) is 4.66. The van der Waals surface area contributed by atoms with Crippen LogP contribution in [0.1, 0.15) is 32.9 Å². The van der Waals surface area contributed by atoms with Crippen LogP contribution in [0.2, 0.25) is 0 Å². The lowest BCUT2D eigenvalue weighted by Crippen LogP contribution is -2.27. The van der Waals surface area contributed by atoms with Gasteiger partial charge in [-0.25, -0.2) is 9.97 Å². The molecular weight excluding hydrogens is 374 g/mol. The minimum absolute atomic E-state index is 0.195. The number of hydrogen-bond acceptors (Lipinski definition) is 4. The predicted molar refractivity (Wildman–Crippen MR) is 120 cm³/mol. The van der Waals surface area contributed by atoms with E-state index in [9.17, 15) is 4.79 Å². The van der Waals surface area contributed by atoms with Gasteiger partial charge < -0.3 is 15.6 Å². The number of rotatable bonds is 7. The zero-order valence-electron chi connectivity index (χ0n) is 17.2. The summed E-state index contributed by atoms with van der Waals surface area (Å²) in [6.07, 6.45) is 2.75. The second-order valence-electron chi connectivity index (χ2n) is 7.43. The number of H-pyrrole nitrogens is 1. The molecular formula is C24H25N5O. The van der Waals surface area contributed by atoms with Gasteiger partial charge in [-0.05, 0) is 43.5 Å². The number of hydrogen-bond donors (Lipinski definition) is 3. The summed E-state index contributed by atoms with van der Waals surface area (Å²) in [5.74, 6) is 0.261. The first-order valence-corrected chi connectivity index (χ1v) is 10.1. The number of aromatic amines is 1. The molecule has 152 valence electrons. The fourth-order valence-corrected chi connectivity index (χ4v) is 3.51. The largest absolute Gasteiger partial charge is 0.361 e. The fourth-order valence-electron chi connectivity index (χ4n) is 3.51. The molecule has 0 saturated carbocycles. The molecule has 2 aromatic carbocycles. The number of aryl methyl sites for hydroxylation is 2. The Kier molecular flexibility index (Phi) is 5.75. The van der Waals surface area contributed by atoms with Crippen molar-refractivity contribution >= 4 is 22.8 Å². The Morgan fingerprint density at radius 1 is 1.03 bits per heavy atom. The third-order valence-electron chi connectivity index (χ3n) is 4.97. The van der Waals surface area contributed by atoms with Crippen molar-refractivity contribution in [3.63, 3.8) is 0 Å². The number of nitrogens with zero attached hydrogens (tertiary/aromatic N) is 2. The molecule has 6 heteroatoms. The number of anilines is 1. The first-order valence-electron chi connectivity index (χ1n) is 10.1. The Bertz CT molecular complexity index is 1180. The molecule has 0 unspecified atom stereocenters. The molecule has 4 aromatic rings. The second-order valence-corrected chi connectivity index (χ2v) is 7.43. The molecule has 4 rings (SSSR count). The summed E-state index contributed by atoms with van der Waals surface area (Å²) in [5, 5.41) is 7.37. The van der Waals surface area contributed by atoms with Crippen LogP contribution in [0.4, 0.5) is 5.95 Å². The van der Waals surface area contributed by atoms with Gasteiger partial charge in [-0.15, -0.1) is 0 Å². The Morgan fingerprint density at radius 2 is 1.90 bits per heavy atom. The van der Waals surface area contributed by atoms with Gasteiger partial charge >= 0.3 is 0 Å². The van der Waals surface area contributed by atoms with Crippen molar-refractivity contribution in [1.82, 2.24) is 20.3 Å². The summed E-state index contributed by atoms with van der Waals surface area (Å²) in [6.45, 7) is 5.07. The van der Waals surface area contributed by atoms with E-state index in [1.165, 1.54) is 16.5 Å². The molecule has 0 aliphatic carbocycles. The van der Waals surface area contributed by atoms with Gasteiger partial charge in [-0.1, -0.05) is 48.0 Å². The normalized spacial score (nSPS) is 10.9. The van der Waals surface area contributed by atoms with Crippen LogP contribution in [0.25, 0.3) is 10.9 Å². The minimum Gasteiger partial charge on any atom is -0.361 e. The summed E-state index contributed by atoms with van der Waals surface area (Å²) in [4.78, 5) is 24.7. The van der Waals surface area contributed by atoms with Crippen LogP contribution >= 0.6 is 0 Å². The van der Waals surface area contributed by atoms with Crippen molar-refractivity contribution in [2.24, 2.45) is 0 Å². The Balaban J connectivity index is 1.37. The third-order valence-corrected chi connectivity index (χ3v) is 4.97. The van der Waals surface area contributed by atoms with E-state index in [0.29, 0.717) is 24.7 Å². The summed E-state index contributed by atoms with van der Waals surface area (Å²) >= 11 is 0. The number of amides is 1. The SMILES string of the molecule is Cc1cccc(CNc2nc(C)cc(C(=O)NCCc3c[nH]c4ccccc34)n2)c1. The van der Waals surface area contributed by atoms with Crippen LogP contribution in [0.15, 0.2) is 60.8 Å². The first-order chi connectivity index (χ1) is 14.6. The highest BCUT2D eigenvalue weighted by atomic mass is 16.1. The molecule has 1 amide bonds. The standard InChI is InChI=1S/C24H25N5O/c1-16-6-5-7-18(12-16)14-27-24-28-17(2)13-22(29-24)23(30)25-11-10-19-15-26-21-9-4-3-8-20(19)21/h3-9,12-13,15,26H,10-11,14H2,1-2H3,(H,25,30)(H,27,28,29). The molecule has 0 saturated heterocycles. The molecule has 0 fully saturated rings. The zero-order valence-corrected chi connectivity index (χ0v) is 17.2. The van der Waals surface area contributed by atoms with E-state index in [2.05, 4.69) is 50.7 Å². The zero-order chi connectivity index (χ0) is 20.9. The highest BCUT2D eigenvalue weighted by Gasteiger charge is 2.11. The lowest BCUT2D eigenvalue weighted by atomic mass is 10.1. The number of carbonyl (C=O) groups excluding carboxylic acids is 1. The molecule has 30 heavy (non-hydrogen) atoms. The summed E-state index contributed by atoms with van der Waals surface area (Å²) in [7, 11) is 0. The summed E-state index contributed by atoms with van der Waals surface area (Å²) in [5.41, 5.74) is 5.76. The summed E-state index contributed by atoms with van der Waals surface area (Å²) < 4.78 is 0. The average molecular weight is 399 g/mol. The van der Waals surface area contributed by atoms with Crippen LogP contribution in [0.5, 0.6) is 0 Å². The molecule has 0 atom stereocenters. The number of aromatic nitrogens is 3. The molecule has 0 aliphatic rings. The van der Waals surface area contributed by atoms with Crippen molar-refractivity contribution < 1.29 is 4.79 Å². The lowest BCUT2D eigenvalue weighted by Gasteiger charge is -2.09. The van der Waals surface area contributed by atoms with Gasteiger partial charge in [0.1, 0.15) is 5.69 Å². The van der Waals surface area contributed by atoms with Crippen molar-refractivity contribution in [1.29, 1.82) is 0 Å². The fraction of sp³-hybridized carbons (Fsp3) is 0.208. The van der Waals surface area contributed by atoms with E-state index in [1.54, 1.807) is 6.07 Å². The molecule has 3 N–H and O–H groups in total. The van der Waals surface area contributed by atoms with E-state index in [1.807, 2.05) is 43.5 Å². The van der Waals surface area contributed by atoms with Gasteiger partial charge in [0, 0.05) is 35.9 Å². The van der Waals surface area contributed by atoms with Gasteiger partial charge in [0.2, 0.25) is 5.95 Å². The molecule has 0 radical (unpaired) electrons. The topological polar surface area (TPSA) is 82.7 Å². The highest BCUT2D eigenvalue weighted by Crippen LogP contribution is 2.17. The monoisotopic (exact) mass is 399 g/mol. The molecule has 0 bridgehead atoms. The maximum Gasteiger partial charge on any atom is 0.270 e. The van der Waals surface area contributed by atoms with E-state index in [0.717, 1.165) is 23.2 Å². The van der Waals surface area contributed by atoms with Crippen molar-refractivity contribution in [3.05, 3.63) is 88.9 Å². The van der Waals surface area contributed by atoms with E-state index in [-0.39, 0.29) is 5.91 Å². The lowest BCUT2D eigenvalue weighted by molar-refractivity contribution is 0.0949. The maximum atomic E-state index is 12.6. The van der Waals surface area contributed by atoms with Gasteiger partial charge in [0.05, 0.1) is 0 Å². The predicted octanol–water partition coefficient (Wildman–Crippen LogP) is 4.16. The maximum absolute atomic E-state index is 12.6. The van der Waals surface area contributed by atoms with E-state index < -0.39 is 0 Å². The van der Waals surface area contributed by atoms with E-state index in [4.69, 9.17) is 0 Å². The average Bonchev–Trinajstić information content (AvgIpc) is 3.15. The number of nitrogens with one attached hydrogen (secondary N) is 3. The smallest absolute Gasteiger partial charge is 0.270 e. The van der Waals surface area contributed by atoms with Gasteiger partial charge in [0.15, 0.2) is 0 Å². The molecule has 0 aliphatic heterocycles. The molecule has 6 nitrogen and oxygen atoms in total.